The van der Waals surface area contributed by atoms with E-state index in [1.54, 1.807) is 6.20 Å². The molecule has 3 rings (SSSR count). The van der Waals surface area contributed by atoms with Crippen molar-refractivity contribution in [2.45, 2.75) is 50.7 Å². The smallest absolute Gasteiger partial charge is 0.303 e. The van der Waals surface area contributed by atoms with Gasteiger partial charge in [-0.3, -0.25) is 9.69 Å². The molecule has 98 valence electrons. The normalized spacial score (nSPS) is 31.7. The molecule has 2 unspecified atom stereocenters. The summed E-state index contributed by atoms with van der Waals surface area (Å²) in [5.74, 6) is 0.595. The highest BCUT2D eigenvalue weighted by atomic mass is 16.5. The summed E-state index contributed by atoms with van der Waals surface area (Å²) in [7, 11) is 0. The Morgan fingerprint density at radius 1 is 1.44 bits per heavy atom. The number of rotatable bonds is 4. The minimum absolute atomic E-state index is 0.323. The Hall–Kier alpha value is -1.36. The van der Waals surface area contributed by atoms with Gasteiger partial charge in [-0.15, -0.1) is 0 Å². The average molecular weight is 250 g/mol. The van der Waals surface area contributed by atoms with Gasteiger partial charge in [-0.25, -0.2) is 0 Å². The van der Waals surface area contributed by atoms with Crippen LogP contribution in [0.3, 0.4) is 0 Å². The van der Waals surface area contributed by atoms with Gasteiger partial charge in [0.15, 0.2) is 5.76 Å². The number of fused-ring (bicyclic) bond motifs is 2. The summed E-state index contributed by atoms with van der Waals surface area (Å²) in [6.45, 7) is 0.815. The van der Waals surface area contributed by atoms with Gasteiger partial charge in [0.25, 0.3) is 0 Å². The number of nitrogens with zero attached hydrogens (tertiary/aromatic N) is 2. The fraction of sp³-hybridized carbons (Fsp3) is 0.692. The van der Waals surface area contributed by atoms with Crippen molar-refractivity contribution in [1.29, 1.82) is 0 Å². The van der Waals surface area contributed by atoms with E-state index >= 15 is 0 Å². The van der Waals surface area contributed by atoms with Crippen LogP contribution in [0, 0.1) is 5.92 Å². The third-order valence-electron chi connectivity index (χ3n) is 4.27. The summed E-state index contributed by atoms with van der Waals surface area (Å²) in [4.78, 5) is 13.3. The summed E-state index contributed by atoms with van der Waals surface area (Å²) in [5, 5.41) is 12.6. The Morgan fingerprint density at radius 2 is 2.17 bits per heavy atom. The van der Waals surface area contributed by atoms with Gasteiger partial charge in [-0.05, 0) is 31.6 Å². The van der Waals surface area contributed by atoms with Crippen molar-refractivity contribution in [3.05, 3.63) is 18.0 Å². The minimum Gasteiger partial charge on any atom is -0.481 e. The molecule has 18 heavy (non-hydrogen) atoms. The van der Waals surface area contributed by atoms with Crippen molar-refractivity contribution in [3.8, 4) is 0 Å². The van der Waals surface area contributed by atoms with E-state index in [4.69, 9.17) is 9.63 Å². The van der Waals surface area contributed by atoms with Crippen molar-refractivity contribution in [1.82, 2.24) is 10.1 Å². The number of hydrogen-bond donors (Lipinski definition) is 1. The van der Waals surface area contributed by atoms with Gasteiger partial charge in [-0.2, -0.15) is 0 Å². The van der Waals surface area contributed by atoms with Gasteiger partial charge in [0.2, 0.25) is 0 Å². The zero-order valence-electron chi connectivity index (χ0n) is 10.3. The van der Waals surface area contributed by atoms with Crippen LogP contribution in [0.5, 0.6) is 0 Å². The number of carboxylic acids is 1. The molecule has 0 amide bonds. The molecule has 2 aliphatic rings. The summed E-state index contributed by atoms with van der Waals surface area (Å²) >= 11 is 0. The van der Waals surface area contributed by atoms with Gasteiger partial charge >= 0.3 is 5.97 Å². The Balaban J connectivity index is 1.64. The molecule has 3 heterocycles. The predicted molar refractivity (Wildman–Crippen MR) is 63.8 cm³/mol. The van der Waals surface area contributed by atoms with E-state index in [1.807, 2.05) is 6.07 Å². The SMILES string of the molecule is O=C(O)CC1CC2CCC(C1)N2Cc1ccno1. The van der Waals surface area contributed by atoms with Crippen LogP contribution in [0.2, 0.25) is 0 Å². The van der Waals surface area contributed by atoms with Crippen LogP contribution < -0.4 is 0 Å². The molecule has 2 aliphatic heterocycles. The first-order valence-corrected chi connectivity index (χ1v) is 6.59. The summed E-state index contributed by atoms with van der Waals surface area (Å²) in [6, 6.07) is 2.96. The molecule has 5 nitrogen and oxygen atoms in total. The zero-order valence-corrected chi connectivity index (χ0v) is 10.3. The molecular formula is C13H18N2O3. The van der Waals surface area contributed by atoms with E-state index < -0.39 is 5.97 Å². The van der Waals surface area contributed by atoms with Gasteiger partial charge in [0.1, 0.15) is 0 Å². The molecule has 2 fully saturated rings. The second-order valence-electron chi connectivity index (χ2n) is 5.47. The van der Waals surface area contributed by atoms with Crippen LogP contribution in [-0.4, -0.2) is 33.2 Å². The number of carboxylic acid groups (broad SMARTS) is 1. The van der Waals surface area contributed by atoms with Crippen molar-refractivity contribution < 1.29 is 14.4 Å². The lowest BCUT2D eigenvalue weighted by Crippen LogP contribution is -2.42. The van der Waals surface area contributed by atoms with E-state index in [0.29, 0.717) is 24.4 Å². The van der Waals surface area contributed by atoms with E-state index in [0.717, 1.165) is 25.1 Å². The average Bonchev–Trinajstić information content (AvgIpc) is 2.88. The van der Waals surface area contributed by atoms with Gasteiger partial charge in [-0.1, -0.05) is 5.16 Å². The van der Waals surface area contributed by atoms with Crippen LogP contribution in [0.15, 0.2) is 16.8 Å². The number of carbonyl (C=O) groups is 1. The lowest BCUT2D eigenvalue weighted by Gasteiger charge is -2.37. The third kappa shape index (κ3) is 2.27. The highest BCUT2D eigenvalue weighted by Gasteiger charge is 2.41. The lowest BCUT2D eigenvalue weighted by atomic mass is 9.88. The molecule has 0 saturated carbocycles. The van der Waals surface area contributed by atoms with Crippen molar-refractivity contribution >= 4 is 5.97 Å². The molecule has 2 atom stereocenters. The van der Waals surface area contributed by atoms with Crippen molar-refractivity contribution in [2.24, 2.45) is 5.92 Å². The van der Waals surface area contributed by atoms with Crippen LogP contribution >= 0.6 is 0 Å². The van der Waals surface area contributed by atoms with Crippen LogP contribution in [-0.2, 0) is 11.3 Å². The third-order valence-corrected chi connectivity index (χ3v) is 4.27. The maximum absolute atomic E-state index is 10.8. The fourth-order valence-electron chi connectivity index (χ4n) is 3.56. The second kappa shape index (κ2) is 4.72. The molecule has 2 saturated heterocycles. The Kier molecular flexibility index (Phi) is 3.07. The van der Waals surface area contributed by atoms with Crippen molar-refractivity contribution in [2.75, 3.05) is 0 Å². The van der Waals surface area contributed by atoms with E-state index in [2.05, 4.69) is 10.1 Å². The van der Waals surface area contributed by atoms with Gasteiger partial charge in [0.05, 0.1) is 12.7 Å². The topological polar surface area (TPSA) is 66.6 Å². The number of aromatic nitrogens is 1. The zero-order chi connectivity index (χ0) is 12.5. The van der Waals surface area contributed by atoms with Gasteiger partial charge < -0.3 is 9.63 Å². The van der Waals surface area contributed by atoms with E-state index in [9.17, 15) is 4.79 Å². The van der Waals surface area contributed by atoms with Gasteiger partial charge in [0, 0.05) is 24.6 Å². The molecule has 0 aromatic carbocycles. The number of hydrogen-bond acceptors (Lipinski definition) is 4. The molecule has 0 spiro atoms. The minimum atomic E-state index is -0.664. The molecule has 1 aromatic heterocycles. The van der Waals surface area contributed by atoms with E-state index in [-0.39, 0.29) is 0 Å². The predicted octanol–water partition coefficient (Wildman–Crippen LogP) is 1.89. The number of piperidine rings is 1. The maximum atomic E-state index is 10.8. The maximum Gasteiger partial charge on any atom is 0.303 e. The lowest BCUT2D eigenvalue weighted by molar-refractivity contribution is -0.138. The Morgan fingerprint density at radius 3 is 2.72 bits per heavy atom. The van der Waals surface area contributed by atoms with E-state index in [1.165, 1.54) is 12.8 Å². The Bertz CT molecular complexity index is 404. The first kappa shape index (κ1) is 11.7. The monoisotopic (exact) mass is 250 g/mol. The molecule has 0 aliphatic carbocycles. The summed E-state index contributed by atoms with van der Waals surface area (Å²) in [6.07, 6.45) is 6.40. The first-order chi connectivity index (χ1) is 8.72. The second-order valence-corrected chi connectivity index (χ2v) is 5.47. The molecule has 0 radical (unpaired) electrons. The van der Waals surface area contributed by atoms with Crippen LogP contribution in [0.4, 0.5) is 0 Å². The van der Waals surface area contributed by atoms with Crippen LogP contribution in [0.25, 0.3) is 0 Å². The summed E-state index contributed by atoms with van der Waals surface area (Å²) in [5.41, 5.74) is 0. The molecule has 1 N–H and O–H groups in total. The molecule has 5 heteroatoms. The first-order valence-electron chi connectivity index (χ1n) is 6.59. The highest BCUT2D eigenvalue weighted by Crippen LogP contribution is 2.40. The highest BCUT2D eigenvalue weighted by molar-refractivity contribution is 5.67. The molecule has 1 aromatic rings. The van der Waals surface area contributed by atoms with Crippen LogP contribution in [0.1, 0.15) is 37.9 Å². The molecule has 2 bridgehead atoms. The van der Waals surface area contributed by atoms with Crippen molar-refractivity contribution in [3.63, 3.8) is 0 Å². The quantitative estimate of drug-likeness (QED) is 0.884. The molecular weight excluding hydrogens is 232 g/mol. The summed E-state index contributed by atoms with van der Waals surface area (Å²) < 4.78 is 5.17. The number of aliphatic carboxylic acids is 1. The standard InChI is InChI=1S/C13H18N2O3/c16-13(17)7-9-5-10-1-2-11(6-9)15(10)8-12-3-4-14-18-12/h3-4,9-11H,1-2,5-8H2,(H,16,17). The largest absolute Gasteiger partial charge is 0.481 e. The Labute approximate surface area is 106 Å². The fourth-order valence-corrected chi connectivity index (χ4v) is 3.56.